The van der Waals surface area contributed by atoms with E-state index >= 15 is 0 Å². The maximum Gasteiger partial charge on any atom is 0.373 e. The maximum atomic E-state index is 11.9. The zero-order valence-electron chi connectivity index (χ0n) is 12.4. The number of hydrogen-bond donors (Lipinski definition) is 0. The zero-order chi connectivity index (χ0) is 15.0. The Balaban J connectivity index is 2.74. The molecule has 3 nitrogen and oxygen atoms in total. The molecule has 1 aromatic rings. The van der Waals surface area contributed by atoms with Crippen LogP contribution in [0.1, 0.15) is 26.3 Å². The van der Waals surface area contributed by atoms with Gasteiger partial charge in [-0.3, -0.25) is 0 Å². The summed E-state index contributed by atoms with van der Waals surface area (Å²) in [6.45, 7) is 9.55. The molecule has 108 valence electrons. The van der Waals surface area contributed by atoms with Crippen LogP contribution in [-0.2, 0) is 20.7 Å². The summed E-state index contributed by atoms with van der Waals surface area (Å²) < 4.78 is 10.6. The van der Waals surface area contributed by atoms with Crippen molar-refractivity contribution in [2.45, 2.75) is 33.3 Å². The Morgan fingerprint density at radius 2 is 1.95 bits per heavy atom. The van der Waals surface area contributed by atoms with Gasteiger partial charge in [-0.2, -0.15) is 0 Å². The van der Waals surface area contributed by atoms with E-state index in [0.717, 1.165) is 11.1 Å². The molecule has 0 saturated heterocycles. The van der Waals surface area contributed by atoms with Crippen molar-refractivity contribution in [3.63, 3.8) is 0 Å². The Bertz CT molecular complexity index is 472. The van der Waals surface area contributed by atoms with E-state index in [9.17, 15) is 4.79 Å². The number of carbonyl (C=O) groups excluding carboxylic acids is 1. The van der Waals surface area contributed by atoms with Crippen molar-refractivity contribution in [2.75, 3.05) is 6.61 Å². The highest BCUT2D eigenvalue weighted by molar-refractivity contribution is 5.86. The van der Waals surface area contributed by atoms with Crippen molar-refractivity contribution in [3.05, 3.63) is 59.9 Å². The lowest BCUT2D eigenvalue weighted by atomic mass is 10.1. The van der Waals surface area contributed by atoms with Crippen molar-refractivity contribution < 1.29 is 14.3 Å². The second-order valence-electron chi connectivity index (χ2n) is 4.96. The van der Waals surface area contributed by atoms with Crippen LogP contribution in [0.5, 0.6) is 0 Å². The van der Waals surface area contributed by atoms with Crippen molar-refractivity contribution in [1.82, 2.24) is 0 Å². The largest absolute Gasteiger partial charge is 0.482 e. The van der Waals surface area contributed by atoms with Crippen LogP contribution in [0.15, 0.2) is 54.3 Å². The molecule has 0 heterocycles. The molecule has 0 bridgehead atoms. The molecule has 1 rings (SSSR count). The van der Waals surface area contributed by atoms with Gasteiger partial charge in [0.1, 0.15) is 6.61 Å². The minimum absolute atomic E-state index is 0.170. The Morgan fingerprint density at radius 3 is 2.50 bits per heavy atom. The molecule has 0 aliphatic heterocycles. The monoisotopic (exact) mass is 274 g/mol. The molecule has 0 aliphatic rings. The van der Waals surface area contributed by atoms with Crippen molar-refractivity contribution in [3.8, 4) is 0 Å². The fourth-order valence-electron chi connectivity index (χ4n) is 1.50. The van der Waals surface area contributed by atoms with Crippen molar-refractivity contribution >= 4 is 5.97 Å². The summed E-state index contributed by atoms with van der Waals surface area (Å²) in [6.07, 6.45) is 2.21. The van der Waals surface area contributed by atoms with Gasteiger partial charge < -0.3 is 9.47 Å². The quantitative estimate of drug-likeness (QED) is 0.329. The van der Waals surface area contributed by atoms with Crippen LogP contribution in [0.3, 0.4) is 0 Å². The van der Waals surface area contributed by atoms with E-state index in [1.54, 1.807) is 6.08 Å². The molecule has 0 spiro atoms. The molecule has 0 amide bonds. The molecule has 1 aromatic carbocycles. The van der Waals surface area contributed by atoms with Gasteiger partial charge in [-0.25, -0.2) is 4.79 Å². The van der Waals surface area contributed by atoms with E-state index in [1.807, 2.05) is 51.1 Å². The average molecular weight is 274 g/mol. The van der Waals surface area contributed by atoms with E-state index in [2.05, 4.69) is 6.58 Å². The highest BCUT2D eigenvalue weighted by Crippen LogP contribution is 2.09. The Morgan fingerprint density at radius 1 is 1.30 bits per heavy atom. The highest BCUT2D eigenvalue weighted by atomic mass is 16.6. The number of benzene rings is 1. The predicted molar refractivity (Wildman–Crippen MR) is 80.2 cm³/mol. The van der Waals surface area contributed by atoms with Crippen LogP contribution in [-0.4, -0.2) is 18.7 Å². The van der Waals surface area contributed by atoms with E-state index in [4.69, 9.17) is 9.47 Å². The van der Waals surface area contributed by atoms with Gasteiger partial charge in [-0.15, -0.1) is 0 Å². The molecule has 0 N–H and O–H groups in total. The number of allylic oxidation sites excluding steroid dienone is 1. The lowest BCUT2D eigenvalue weighted by molar-refractivity contribution is -0.146. The molecule has 0 aromatic heterocycles. The van der Waals surface area contributed by atoms with E-state index in [-0.39, 0.29) is 11.9 Å². The number of hydrogen-bond acceptors (Lipinski definition) is 3. The van der Waals surface area contributed by atoms with E-state index < -0.39 is 5.97 Å². The third-order valence-electron chi connectivity index (χ3n) is 2.38. The van der Waals surface area contributed by atoms with Crippen LogP contribution in [0, 0.1) is 0 Å². The van der Waals surface area contributed by atoms with Gasteiger partial charge in [0.2, 0.25) is 5.76 Å². The van der Waals surface area contributed by atoms with Gasteiger partial charge >= 0.3 is 5.97 Å². The normalized spacial score (nSPS) is 11.3. The maximum absolute atomic E-state index is 11.9. The summed E-state index contributed by atoms with van der Waals surface area (Å²) in [5.41, 5.74) is 1.97. The molecule has 0 aliphatic carbocycles. The first-order valence-electron chi connectivity index (χ1n) is 6.71. The van der Waals surface area contributed by atoms with Gasteiger partial charge in [-0.05, 0) is 44.4 Å². The first-order chi connectivity index (χ1) is 9.49. The SMILES string of the molecule is C=C(C)CO/C(=C\Cc1ccccc1)C(=O)OC(C)C. The molecule has 0 fully saturated rings. The van der Waals surface area contributed by atoms with Crippen molar-refractivity contribution in [2.24, 2.45) is 0 Å². The zero-order valence-corrected chi connectivity index (χ0v) is 12.4. The van der Waals surface area contributed by atoms with Crippen LogP contribution >= 0.6 is 0 Å². The Labute approximate surface area is 120 Å². The molecule has 0 unspecified atom stereocenters. The van der Waals surface area contributed by atoms with Crippen LogP contribution in [0.2, 0.25) is 0 Å². The standard InChI is InChI=1S/C17H22O3/c1-13(2)12-19-16(17(18)20-14(3)4)11-10-15-8-6-5-7-9-15/h5-9,11,14H,1,10,12H2,2-4H3/b16-11-. The van der Waals surface area contributed by atoms with Gasteiger partial charge in [0, 0.05) is 0 Å². The first-order valence-corrected chi connectivity index (χ1v) is 6.71. The van der Waals surface area contributed by atoms with E-state index in [0.29, 0.717) is 13.0 Å². The van der Waals surface area contributed by atoms with Gasteiger partial charge in [0.25, 0.3) is 0 Å². The minimum Gasteiger partial charge on any atom is -0.482 e. The second-order valence-corrected chi connectivity index (χ2v) is 4.96. The van der Waals surface area contributed by atoms with Crippen LogP contribution < -0.4 is 0 Å². The van der Waals surface area contributed by atoms with Gasteiger partial charge in [0.05, 0.1) is 6.10 Å². The molecule has 0 saturated carbocycles. The Hall–Kier alpha value is -2.03. The molecule has 0 radical (unpaired) electrons. The van der Waals surface area contributed by atoms with Crippen LogP contribution in [0.25, 0.3) is 0 Å². The molecule has 0 atom stereocenters. The molecule has 20 heavy (non-hydrogen) atoms. The molecular weight excluding hydrogens is 252 g/mol. The smallest absolute Gasteiger partial charge is 0.373 e. The summed E-state index contributed by atoms with van der Waals surface area (Å²) in [5, 5.41) is 0. The molecular formula is C17H22O3. The third kappa shape index (κ3) is 6.23. The summed E-state index contributed by atoms with van der Waals surface area (Å²) >= 11 is 0. The number of esters is 1. The summed E-state index contributed by atoms with van der Waals surface area (Å²) in [5.74, 6) is -0.192. The van der Waals surface area contributed by atoms with Gasteiger partial charge in [-0.1, -0.05) is 36.9 Å². The minimum atomic E-state index is -0.433. The van der Waals surface area contributed by atoms with Crippen LogP contribution in [0.4, 0.5) is 0 Å². The summed E-state index contributed by atoms with van der Waals surface area (Å²) in [6, 6.07) is 9.88. The fraction of sp³-hybridized carbons (Fsp3) is 0.353. The average Bonchev–Trinajstić information content (AvgIpc) is 2.38. The lowest BCUT2D eigenvalue weighted by Gasteiger charge is -2.12. The highest BCUT2D eigenvalue weighted by Gasteiger charge is 2.14. The number of carbonyl (C=O) groups is 1. The first kappa shape index (κ1) is 16.0. The number of rotatable bonds is 7. The topological polar surface area (TPSA) is 35.5 Å². The fourth-order valence-corrected chi connectivity index (χ4v) is 1.50. The number of ether oxygens (including phenoxy) is 2. The molecule has 3 heteroatoms. The Kier molecular flexibility index (Phi) is 6.57. The van der Waals surface area contributed by atoms with E-state index in [1.165, 1.54) is 0 Å². The van der Waals surface area contributed by atoms with Gasteiger partial charge in [0.15, 0.2) is 0 Å². The summed E-state index contributed by atoms with van der Waals surface area (Å²) in [7, 11) is 0. The second kappa shape index (κ2) is 8.20. The lowest BCUT2D eigenvalue weighted by Crippen LogP contribution is -2.16. The van der Waals surface area contributed by atoms with Crippen molar-refractivity contribution in [1.29, 1.82) is 0 Å². The third-order valence-corrected chi connectivity index (χ3v) is 2.38. The predicted octanol–water partition coefficient (Wildman–Crippen LogP) is 3.66. The summed E-state index contributed by atoms with van der Waals surface area (Å²) in [4.78, 5) is 11.9.